The van der Waals surface area contributed by atoms with Crippen molar-refractivity contribution in [2.75, 3.05) is 5.32 Å². The highest BCUT2D eigenvalue weighted by Gasteiger charge is 2.14. The molecule has 0 aliphatic rings. The van der Waals surface area contributed by atoms with Gasteiger partial charge < -0.3 is 16.4 Å². The summed E-state index contributed by atoms with van der Waals surface area (Å²) in [4.78, 5) is 22.9. The minimum absolute atomic E-state index is 0.142. The first-order chi connectivity index (χ1) is 11.4. The number of hydrogen-bond donors (Lipinski definition) is 3. The number of amides is 3. The van der Waals surface area contributed by atoms with Crippen molar-refractivity contribution in [1.29, 1.82) is 0 Å². The number of nitrogens with two attached hydrogens (primary N) is 1. The van der Waals surface area contributed by atoms with Gasteiger partial charge in [0.2, 0.25) is 5.91 Å². The maximum absolute atomic E-state index is 13.7. The van der Waals surface area contributed by atoms with Gasteiger partial charge in [-0.15, -0.1) is 0 Å². The third-order valence-electron chi connectivity index (χ3n) is 3.45. The lowest BCUT2D eigenvalue weighted by atomic mass is 10.1. The Hall–Kier alpha value is -2.60. The molecule has 2 aromatic carbocycles. The van der Waals surface area contributed by atoms with Gasteiger partial charge in [-0.05, 0) is 36.8 Å². The highest BCUT2D eigenvalue weighted by Crippen LogP contribution is 2.20. The van der Waals surface area contributed by atoms with Crippen LogP contribution < -0.4 is 16.4 Å². The summed E-state index contributed by atoms with van der Waals surface area (Å²) >= 11 is 5.92. The number of benzene rings is 2. The van der Waals surface area contributed by atoms with Crippen molar-refractivity contribution >= 4 is 29.2 Å². The summed E-state index contributed by atoms with van der Waals surface area (Å²) in [6.45, 7) is 1.80. The van der Waals surface area contributed by atoms with E-state index in [1.165, 1.54) is 12.1 Å². The van der Waals surface area contributed by atoms with Crippen LogP contribution in [0.3, 0.4) is 0 Å². The smallest absolute Gasteiger partial charge is 0.316 e. The van der Waals surface area contributed by atoms with Gasteiger partial charge in [-0.2, -0.15) is 0 Å². The molecule has 7 heteroatoms. The van der Waals surface area contributed by atoms with Crippen molar-refractivity contribution in [2.45, 2.75) is 19.4 Å². The van der Waals surface area contributed by atoms with Crippen molar-refractivity contribution in [2.24, 2.45) is 5.73 Å². The highest BCUT2D eigenvalue weighted by atomic mass is 35.5. The van der Waals surface area contributed by atoms with Crippen LogP contribution in [0.5, 0.6) is 0 Å². The number of halogens is 2. The molecule has 0 saturated heterocycles. The van der Waals surface area contributed by atoms with E-state index in [1.54, 1.807) is 37.3 Å². The van der Waals surface area contributed by atoms with Crippen LogP contribution in [0, 0.1) is 5.82 Å². The number of nitrogens with one attached hydrogen (secondary N) is 2. The fourth-order valence-corrected chi connectivity index (χ4v) is 2.46. The summed E-state index contributed by atoms with van der Waals surface area (Å²) in [6, 6.07) is 10.2. The summed E-state index contributed by atoms with van der Waals surface area (Å²) in [6.07, 6.45) is -0.142. The fraction of sp³-hybridized carbons (Fsp3) is 0.176. The van der Waals surface area contributed by atoms with Gasteiger partial charge in [-0.3, -0.25) is 4.79 Å². The number of anilines is 1. The predicted octanol–water partition coefficient (Wildman–Crippen LogP) is 3.39. The number of urea groups is 1. The quantitative estimate of drug-likeness (QED) is 0.773. The van der Waals surface area contributed by atoms with Crippen LogP contribution in [-0.2, 0) is 11.2 Å². The van der Waals surface area contributed by atoms with E-state index in [4.69, 9.17) is 17.3 Å². The Labute approximate surface area is 144 Å². The van der Waals surface area contributed by atoms with Gasteiger partial charge in [0, 0.05) is 16.3 Å². The van der Waals surface area contributed by atoms with Gasteiger partial charge in [0.25, 0.3) is 0 Å². The minimum atomic E-state index is -0.647. The Morgan fingerprint density at radius 3 is 2.46 bits per heavy atom. The first-order valence-electron chi connectivity index (χ1n) is 7.25. The second kappa shape index (κ2) is 7.79. The summed E-state index contributed by atoms with van der Waals surface area (Å²) < 4.78 is 13.7. The number of rotatable bonds is 5. The van der Waals surface area contributed by atoms with E-state index in [1.807, 2.05) is 0 Å². The molecule has 0 heterocycles. The molecule has 0 aliphatic carbocycles. The van der Waals surface area contributed by atoms with Gasteiger partial charge in [0.05, 0.1) is 12.5 Å². The lowest BCUT2D eigenvalue weighted by Crippen LogP contribution is -2.28. The molecule has 0 saturated carbocycles. The zero-order valence-corrected chi connectivity index (χ0v) is 13.7. The Morgan fingerprint density at radius 2 is 1.88 bits per heavy atom. The predicted molar refractivity (Wildman–Crippen MR) is 91.3 cm³/mol. The number of primary amides is 1. The molecule has 0 radical (unpaired) electrons. The van der Waals surface area contributed by atoms with Gasteiger partial charge >= 0.3 is 6.03 Å². The molecular formula is C17H17ClFN3O2. The maximum atomic E-state index is 13.7. The van der Waals surface area contributed by atoms with E-state index < -0.39 is 11.8 Å². The average molecular weight is 350 g/mol. The summed E-state index contributed by atoms with van der Waals surface area (Å²) in [5, 5.41) is 5.46. The molecule has 0 fully saturated rings. The molecule has 0 spiro atoms. The van der Waals surface area contributed by atoms with E-state index in [0.717, 1.165) is 5.56 Å². The Bertz CT molecular complexity index is 730. The molecule has 0 aromatic heterocycles. The Morgan fingerprint density at radius 1 is 1.21 bits per heavy atom. The molecule has 0 aliphatic heterocycles. The molecule has 126 valence electrons. The van der Waals surface area contributed by atoms with Crippen LogP contribution in [0.15, 0.2) is 42.5 Å². The molecule has 0 unspecified atom stereocenters. The molecule has 2 aromatic rings. The van der Waals surface area contributed by atoms with E-state index in [0.29, 0.717) is 5.69 Å². The zero-order valence-electron chi connectivity index (χ0n) is 13.0. The summed E-state index contributed by atoms with van der Waals surface area (Å²) in [5.74, 6) is -0.846. The summed E-state index contributed by atoms with van der Waals surface area (Å²) in [7, 11) is 0. The van der Waals surface area contributed by atoms with Crippen LogP contribution in [0.4, 0.5) is 14.9 Å². The van der Waals surface area contributed by atoms with Crippen molar-refractivity contribution in [3.8, 4) is 0 Å². The van der Waals surface area contributed by atoms with Crippen molar-refractivity contribution in [1.82, 2.24) is 5.32 Å². The molecule has 1 atom stereocenters. The van der Waals surface area contributed by atoms with Crippen molar-refractivity contribution < 1.29 is 14.0 Å². The SMILES string of the molecule is C[C@H](NC(=O)Cc1c(F)cccc1Cl)c1ccc(NC(N)=O)cc1. The van der Waals surface area contributed by atoms with Crippen LogP contribution in [-0.4, -0.2) is 11.9 Å². The van der Waals surface area contributed by atoms with E-state index >= 15 is 0 Å². The van der Waals surface area contributed by atoms with Crippen LogP contribution in [0.25, 0.3) is 0 Å². The van der Waals surface area contributed by atoms with Crippen molar-refractivity contribution in [3.63, 3.8) is 0 Å². The first kappa shape index (κ1) is 17.7. The second-order valence-electron chi connectivity index (χ2n) is 5.28. The molecule has 5 nitrogen and oxygen atoms in total. The third kappa shape index (κ3) is 4.70. The molecule has 24 heavy (non-hydrogen) atoms. The molecule has 0 bridgehead atoms. The normalized spacial score (nSPS) is 11.6. The molecular weight excluding hydrogens is 333 g/mol. The average Bonchev–Trinajstić information content (AvgIpc) is 2.51. The Kier molecular flexibility index (Phi) is 5.76. The number of hydrogen-bond acceptors (Lipinski definition) is 2. The van der Waals surface area contributed by atoms with Gasteiger partial charge in [-0.1, -0.05) is 29.8 Å². The molecule has 4 N–H and O–H groups in total. The van der Waals surface area contributed by atoms with Gasteiger partial charge in [-0.25, -0.2) is 9.18 Å². The van der Waals surface area contributed by atoms with Gasteiger partial charge in [0.15, 0.2) is 0 Å². The number of carbonyl (C=O) groups excluding carboxylic acids is 2. The molecule has 2 rings (SSSR count). The molecule has 3 amide bonds. The monoisotopic (exact) mass is 349 g/mol. The topological polar surface area (TPSA) is 84.2 Å². The minimum Gasteiger partial charge on any atom is -0.351 e. The standard InChI is InChI=1S/C17H17ClFN3O2/c1-10(11-5-7-12(8-6-11)22-17(20)24)21-16(23)9-13-14(18)3-2-4-15(13)19/h2-8,10H,9H2,1H3,(H,21,23)(H3,20,22,24)/t10-/m0/s1. The fourth-order valence-electron chi connectivity index (χ4n) is 2.24. The van der Waals surface area contributed by atoms with Crippen molar-refractivity contribution in [3.05, 3.63) is 64.4 Å². The van der Waals surface area contributed by atoms with Crippen LogP contribution in [0.1, 0.15) is 24.1 Å². The largest absolute Gasteiger partial charge is 0.351 e. The van der Waals surface area contributed by atoms with E-state index in [-0.39, 0.29) is 29.0 Å². The lowest BCUT2D eigenvalue weighted by Gasteiger charge is -2.15. The van der Waals surface area contributed by atoms with E-state index in [9.17, 15) is 14.0 Å². The maximum Gasteiger partial charge on any atom is 0.316 e. The second-order valence-corrected chi connectivity index (χ2v) is 5.68. The third-order valence-corrected chi connectivity index (χ3v) is 3.81. The van der Waals surface area contributed by atoms with Crippen LogP contribution in [0.2, 0.25) is 5.02 Å². The van der Waals surface area contributed by atoms with Crippen LogP contribution >= 0.6 is 11.6 Å². The Balaban J connectivity index is 1.99. The summed E-state index contributed by atoms with van der Waals surface area (Å²) in [5.41, 5.74) is 6.60. The number of carbonyl (C=O) groups is 2. The first-order valence-corrected chi connectivity index (χ1v) is 7.63. The highest BCUT2D eigenvalue weighted by molar-refractivity contribution is 6.31. The lowest BCUT2D eigenvalue weighted by molar-refractivity contribution is -0.121. The van der Waals surface area contributed by atoms with E-state index in [2.05, 4.69) is 10.6 Å². The zero-order chi connectivity index (χ0) is 17.7. The van der Waals surface area contributed by atoms with Gasteiger partial charge in [0.1, 0.15) is 5.82 Å².